The fourth-order valence-electron chi connectivity index (χ4n) is 3.35. The van der Waals surface area contributed by atoms with Gasteiger partial charge in [0.2, 0.25) is 5.91 Å². The molecule has 0 atom stereocenters. The van der Waals surface area contributed by atoms with Crippen LogP contribution in [0.25, 0.3) is 11.0 Å². The molecule has 1 aliphatic rings. The zero-order valence-electron chi connectivity index (χ0n) is 14.4. The number of hydrogen-bond acceptors (Lipinski definition) is 4. The van der Waals surface area contributed by atoms with E-state index in [0.717, 1.165) is 29.6 Å². The summed E-state index contributed by atoms with van der Waals surface area (Å²) in [6.07, 6.45) is 9.08. The Morgan fingerprint density at radius 1 is 1.17 bits per heavy atom. The molecule has 0 radical (unpaired) electrons. The second-order valence-electron chi connectivity index (χ2n) is 6.78. The van der Waals surface area contributed by atoms with Crippen LogP contribution in [-0.4, -0.2) is 40.4 Å². The van der Waals surface area contributed by atoms with Crippen LogP contribution in [0.3, 0.4) is 0 Å². The predicted molar refractivity (Wildman–Crippen MR) is 95.5 cm³/mol. The zero-order chi connectivity index (χ0) is 16.8. The fourth-order valence-corrected chi connectivity index (χ4v) is 3.35. The summed E-state index contributed by atoms with van der Waals surface area (Å²) in [7, 11) is 1.95. The Hall–Kier alpha value is -2.01. The molecular weight excluding hydrogens is 300 g/mol. The Kier molecular flexibility index (Phi) is 5.75. The maximum atomic E-state index is 12.2. The number of amides is 1. The lowest BCUT2D eigenvalue weighted by Gasteiger charge is -2.20. The van der Waals surface area contributed by atoms with Gasteiger partial charge in [0.05, 0.1) is 29.5 Å². The summed E-state index contributed by atoms with van der Waals surface area (Å²) in [6, 6.07) is 8.19. The van der Waals surface area contributed by atoms with Gasteiger partial charge in [0.1, 0.15) is 0 Å². The largest absolute Gasteiger partial charge is 0.352 e. The van der Waals surface area contributed by atoms with Gasteiger partial charge in [0, 0.05) is 12.6 Å². The van der Waals surface area contributed by atoms with E-state index < -0.39 is 0 Å². The van der Waals surface area contributed by atoms with Crippen molar-refractivity contribution in [3.63, 3.8) is 0 Å². The lowest BCUT2D eigenvalue weighted by molar-refractivity contribution is -0.122. The predicted octanol–water partition coefficient (Wildman–Crippen LogP) is 2.90. The molecule has 128 valence electrons. The standard InChI is InChI=1S/C19H26N4O/c1-23(14-19(24)22-15-8-4-2-3-5-9-15)13-16-12-20-17-10-6-7-11-18(17)21-16/h6-7,10-12,15H,2-5,8-9,13-14H2,1H3,(H,22,24). The summed E-state index contributed by atoms with van der Waals surface area (Å²) < 4.78 is 0. The molecule has 2 aromatic rings. The molecule has 0 unspecified atom stereocenters. The number of rotatable bonds is 5. The molecule has 1 aromatic heterocycles. The van der Waals surface area contributed by atoms with Gasteiger partial charge < -0.3 is 5.32 Å². The minimum absolute atomic E-state index is 0.109. The van der Waals surface area contributed by atoms with Crippen LogP contribution < -0.4 is 5.32 Å². The van der Waals surface area contributed by atoms with Crippen molar-refractivity contribution in [3.8, 4) is 0 Å². The van der Waals surface area contributed by atoms with Crippen LogP contribution in [-0.2, 0) is 11.3 Å². The lowest BCUT2D eigenvalue weighted by atomic mass is 10.1. The van der Waals surface area contributed by atoms with Crippen molar-refractivity contribution in [1.29, 1.82) is 0 Å². The number of benzene rings is 1. The number of carbonyl (C=O) groups excluding carboxylic acids is 1. The monoisotopic (exact) mass is 326 g/mol. The number of nitrogens with one attached hydrogen (secondary N) is 1. The molecule has 1 saturated carbocycles. The van der Waals surface area contributed by atoms with Crippen LogP contribution in [0.15, 0.2) is 30.5 Å². The van der Waals surface area contributed by atoms with Gasteiger partial charge in [-0.2, -0.15) is 0 Å². The van der Waals surface area contributed by atoms with Crippen LogP contribution in [0.5, 0.6) is 0 Å². The maximum absolute atomic E-state index is 12.2. The van der Waals surface area contributed by atoms with E-state index >= 15 is 0 Å². The van der Waals surface area contributed by atoms with Crippen molar-refractivity contribution in [2.75, 3.05) is 13.6 Å². The second-order valence-corrected chi connectivity index (χ2v) is 6.78. The van der Waals surface area contributed by atoms with Gasteiger partial charge in [0.15, 0.2) is 0 Å². The highest BCUT2D eigenvalue weighted by atomic mass is 16.2. The first-order valence-electron chi connectivity index (χ1n) is 8.89. The topological polar surface area (TPSA) is 58.1 Å². The lowest BCUT2D eigenvalue weighted by Crippen LogP contribution is -2.40. The average Bonchev–Trinajstić information content (AvgIpc) is 2.83. The quantitative estimate of drug-likeness (QED) is 0.858. The Morgan fingerprint density at radius 2 is 1.88 bits per heavy atom. The highest BCUT2D eigenvalue weighted by Crippen LogP contribution is 2.17. The zero-order valence-corrected chi connectivity index (χ0v) is 14.4. The van der Waals surface area contributed by atoms with Gasteiger partial charge in [-0.25, -0.2) is 4.98 Å². The van der Waals surface area contributed by atoms with Crippen molar-refractivity contribution in [1.82, 2.24) is 20.2 Å². The fraction of sp³-hybridized carbons (Fsp3) is 0.526. The van der Waals surface area contributed by atoms with Gasteiger partial charge in [-0.05, 0) is 32.0 Å². The number of aromatic nitrogens is 2. The highest BCUT2D eigenvalue weighted by Gasteiger charge is 2.16. The van der Waals surface area contributed by atoms with Crippen LogP contribution in [0.4, 0.5) is 0 Å². The van der Waals surface area contributed by atoms with Crippen LogP contribution >= 0.6 is 0 Å². The second kappa shape index (κ2) is 8.20. The molecular formula is C19H26N4O. The summed E-state index contributed by atoms with van der Waals surface area (Å²) >= 11 is 0. The minimum Gasteiger partial charge on any atom is -0.352 e. The Balaban J connectivity index is 1.51. The van der Waals surface area contributed by atoms with E-state index in [2.05, 4.69) is 15.3 Å². The summed E-state index contributed by atoms with van der Waals surface area (Å²) in [5, 5.41) is 3.19. The van der Waals surface area contributed by atoms with Crippen molar-refractivity contribution < 1.29 is 4.79 Å². The summed E-state index contributed by atoms with van der Waals surface area (Å²) in [5.74, 6) is 0.109. The van der Waals surface area contributed by atoms with Gasteiger partial charge in [-0.3, -0.25) is 14.7 Å². The molecule has 1 fully saturated rings. The molecule has 0 bridgehead atoms. The minimum atomic E-state index is 0.109. The van der Waals surface area contributed by atoms with Crippen LogP contribution in [0.2, 0.25) is 0 Å². The molecule has 0 saturated heterocycles. The normalized spacial score (nSPS) is 16.2. The average molecular weight is 326 g/mol. The SMILES string of the molecule is CN(CC(=O)NC1CCCCCC1)Cc1cnc2ccccc2n1. The van der Waals surface area contributed by atoms with E-state index in [1.54, 1.807) is 6.20 Å². The van der Waals surface area contributed by atoms with Crippen molar-refractivity contribution in [2.24, 2.45) is 0 Å². The third-order valence-electron chi connectivity index (χ3n) is 4.56. The number of fused-ring (bicyclic) bond motifs is 1. The molecule has 5 nitrogen and oxygen atoms in total. The maximum Gasteiger partial charge on any atom is 0.234 e. The molecule has 1 N–H and O–H groups in total. The molecule has 1 amide bonds. The van der Waals surface area contributed by atoms with E-state index in [1.165, 1.54) is 25.7 Å². The van der Waals surface area contributed by atoms with Gasteiger partial charge >= 0.3 is 0 Å². The molecule has 5 heteroatoms. The van der Waals surface area contributed by atoms with Gasteiger partial charge in [-0.1, -0.05) is 37.8 Å². The third kappa shape index (κ3) is 4.74. The Bertz CT molecular complexity index is 680. The number of para-hydroxylation sites is 2. The molecule has 0 aliphatic heterocycles. The first-order valence-corrected chi connectivity index (χ1v) is 8.89. The number of likely N-dealkylation sites (N-methyl/N-ethyl adjacent to an activating group) is 1. The van der Waals surface area contributed by atoms with E-state index in [-0.39, 0.29) is 5.91 Å². The molecule has 1 aliphatic carbocycles. The van der Waals surface area contributed by atoms with E-state index in [4.69, 9.17) is 0 Å². The van der Waals surface area contributed by atoms with E-state index in [9.17, 15) is 4.79 Å². The summed E-state index contributed by atoms with van der Waals surface area (Å²) in [4.78, 5) is 23.3. The van der Waals surface area contributed by atoms with E-state index in [1.807, 2.05) is 36.2 Å². The first-order chi connectivity index (χ1) is 11.7. The smallest absolute Gasteiger partial charge is 0.234 e. The number of carbonyl (C=O) groups is 1. The molecule has 3 rings (SSSR count). The van der Waals surface area contributed by atoms with Crippen molar-refractivity contribution in [3.05, 3.63) is 36.2 Å². The molecule has 0 spiro atoms. The van der Waals surface area contributed by atoms with Crippen LogP contribution in [0.1, 0.15) is 44.2 Å². The van der Waals surface area contributed by atoms with E-state index in [0.29, 0.717) is 19.1 Å². The van der Waals surface area contributed by atoms with Crippen LogP contribution in [0, 0.1) is 0 Å². The van der Waals surface area contributed by atoms with Crippen molar-refractivity contribution >= 4 is 16.9 Å². The number of nitrogens with zero attached hydrogens (tertiary/aromatic N) is 3. The molecule has 24 heavy (non-hydrogen) atoms. The van der Waals surface area contributed by atoms with Crippen molar-refractivity contribution in [2.45, 2.75) is 51.1 Å². The summed E-state index contributed by atoms with van der Waals surface area (Å²) in [6.45, 7) is 1.01. The Morgan fingerprint density at radius 3 is 2.62 bits per heavy atom. The molecule has 1 aromatic carbocycles. The highest BCUT2D eigenvalue weighted by molar-refractivity contribution is 5.78. The first kappa shape index (κ1) is 16.8. The number of hydrogen-bond donors (Lipinski definition) is 1. The Labute approximate surface area is 143 Å². The third-order valence-corrected chi connectivity index (χ3v) is 4.56. The van der Waals surface area contributed by atoms with Gasteiger partial charge in [-0.15, -0.1) is 0 Å². The van der Waals surface area contributed by atoms with Gasteiger partial charge in [0.25, 0.3) is 0 Å². The summed E-state index contributed by atoms with van der Waals surface area (Å²) in [5.41, 5.74) is 2.68. The molecule has 1 heterocycles.